The molecule has 0 heterocycles. The van der Waals surface area contributed by atoms with Crippen LogP contribution >= 0.6 is 0 Å². The van der Waals surface area contributed by atoms with Gasteiger partial charge in [0, 0.05) is 12.6 Å². The van der Waals surface area contributed by atoms with Crippen LogP contribution in [0, 0.1) is 5.82 Å². The van der Waals surface area contributed by atoms with Crippen LogP contribution in [-0.4, -0.2) is 33.7 Å². The molecule has 0 unspecified atom stereocenters. The Morgan fingerprint density at radius 3 is 2.59 bits per heavy atom. The Bertz CT molecular complexity index is 407. The van der Waals surface area contributed by atoms with E-state index in [1.54, 1.807) is 11.0 Å². The van der Waals surface area contributed by atoms with Gasteiger partial charge in [0.15, 0.2) is 11.6 Å². The minimum absolute atomic E-state index is 0.0444. The molecule has 0 fully saturated rings. The van der Waals surface area contributed by atoms with Crippen molar-refractivity contribution in [2.24, 2.45) is 0 Å². The zero-order valence-corrected chi connectivity index (χ0v) is 9.85. The molecule has 5 heteroatoms. The SMILES string of the molecule is CC(C)N(CC(=O)O)Cc1ccc(O)c(F)c1. The smallest absolute Gasteiger partial charge is 0.317 e. The number of halogens is 1. The molecule has 1 aromatic rings. The third-order valence-corrected chi connectivity index (χ3v) is 2.47. The molecule has 0 saturated heterocycles. The van der Waals surface area contributed by atoms with E-state index in [1.807, 2.05) is 13.8 Å². The van der Waals surface area contributed by atoms with Crippen LogP contribution in [0.25, 0.3) is 0 Å². The maximum Gasteiger partial charge on any atom is 0.317 e. The number of benzene rings is 1. The van der Waals surface area contributed by atoms with Crippen molar-refractivity contribution in [1.29, 1.82) is 0 Å². The van der Waals surface area contributed by atoms with E-state index in [2.05, 4.69) is 0 Å². The summed E-state index contributed by atoms with van der Waals surface area (Å²) in [6, 6.07) is 4.11. The lowest BCUT2D eigenvalue weighted by Gasteiger charge is -2.24. The fourth-order valence-corrected chi connectivity index (χ4v) is 1.48. The molecule has 0 amide bonds. The van der Waals surface area contributed by atoms with Crippen molar-refractivity contribution < 1.29 is 19.4 Å². The predicted octanol–water partition coefficient (Wildman–Crippen LogP) is 1.83. The van der Waals surface area contributed by atoms with E-state index < -0.39 is 17.5 Å². The molecule has 0 aliphatic carbocycles. The van der Waals surface area contributed by atoms with Crippen molar-refractivity contribution in [3.05, 3.63) is 29.6 Å². The van der Waals surface area contributed by atoms with Gasteiger partial charge < -0.3 is 10.2 Å². The van der Waals surface area contributed by atoms with Crippen molar-refractivity contribution in [2.75, 3.05) is 6.54 Å². The van der Waals surface area contributed by atoms with E-state index in [0.717, 1.165) is 0 Å². The average Bonchev–Trinajstić information content (AvgIpc) is 2.21. The zero-order valence-electron chi connectivity index (χ0n) is 9.85. The van der Waals surface area contributed by atoms with Crippen LogP contribution in [0.15, 0.2) is 18.2 Å². The van der Waals surface area contributed by atoms with Crippen LogP contribution in [0.5, 0.6) is 5.75 Å². The summed E-state index contributed by atoms with van der Waals surface area (Å²) < 4.78 is 13.1. The summed E-state index contributed by atoms with van der Waals surface area (Å²) in [6.07, 6.45) is 0. The number of hydrogen-bond acceptors (Lipinski definition) is 3. The molecule has 4 nitrogen and oxygen atoms in total. The highest BCUT2D eigenvalue weighted by Crippen LogP contribution is 2.17. The summed E-state index contributed by atoms with van der Waals surface area (Å²) in [6.45, 7) is 3.99. The number of carbonyl (C=O) groups is 1. The molecule has 1 rings (SSSR count). The Kier molecular flexibility index (Phi) is 4.45. The highest BCUT2D eigenvalue weighted by atomic mass is 19.1. The maximum atomic E-state index is 13.1. The summed E-state index contributed by atoms with van der Waals surface area (Å²) in [4.78, 5) is 12.4. The fraction of sp³-hybridized carbons (Fsp3) is 0.417. The first kappa shape index (κ1) is 13.4. The molecule has 94 valence electrons. The van der Waals surface area contributed by atoms with Crippen LogP contribution in [0.1, 0.15) is 19.4 Å². The standard InChI is InChI=1S/C12H16FNO3/c1-8(2)14(7-12(16)17)6-9-3-4-11(15)10(13)5-9/h3-5,8,15H,6-7H2,1-2H3,(H,16,17). The van der Waals surface area contributed by atoms with Crippen LogP contribution in [0.4, 0.5) is 4.39 Å². The van der Waals surface area contributed by atoms with Crippen LogP contribution < -0.4 is 0 Å². The fourth-order valence-electron chi connectivity index (χ4n) is 1.48. The third-order valence-electron chi connectivity index (χ3n) is 2.47. The molecular weight excluding hydrogens is 225 g/mol. The molecule has 1 aromatic carbocycles. The summed E-state index contributed by atoms with van der Waals surface area (Å²) in [5.74, 6) is -2.01. The van der Waals surface area contributed by atoms with E-state index in [9.17, 15) is 9.18 Å². The first-order valence-corrected chi connectivity index (χ1v) is 5.33. The van der Waals surface area contributed by atoms with Crippen molar-refractivity contribution in [3.63, 3.8) is 0 Å². The van der Waals surface area contributed by atoms with Gasteiger partial charge in [-0.2, -0.15) is 0 Å². The van der Waals surface area contributed by atoms with Crippen molar-refractivity contribution in [1.82, 2.24) is 4.90 Å². The molecule has 0 saturated carbocycles. The number of phenols is 1. The number of aromatic hydroxyl groups is 1. The number of nitrogens with zero attached hydrogens (tertiary/aromatic N) is 1. The highest BCUT2D eigenvalue weighted by molar-refractivity contribution is 5.69. The minimum atomic E-state index is -0.919. The molecule has 0 radical (unpaired) electrons. The Hall–Kier alpha value is -1.62. The molecule has 0 aliphatic heterocycles. The van der Waals surface area contributed by atoms with Gasteiger partial charge >= 0.3 is 5.97 Å². The first-order valence-electron chi connectivity index (χ1n) is 5.33. The van der Waals surface area contributed by atoms with Gasteiger partial charge in [-0.3, -0.25) is 9.69 Å². The van der Waals surface area contributed by atoms with Gasteiger partial charge in [0.25, 0.3) is 0 Å². The monoisotopic (exact) mass is 241 g/mol. The van der Waals surface area contributed by atoms with Gasteiger partial charge in [0.2, 0.25) is 0 Å². The Labute approximate surface area is 99.3 Å². The normalized spacial score (nSPS) is 11.1. The van der Waals surface area contributed by atoms with E-state index >= 15 is 0 Å². The summed E-state index contributed by atoms with van der Waals surface area (Å²) in [7, 11) is 0. The topological polar surface area (TPSA) is 60.8 Å². The van der Waals surface area contributed by atoms with Gasteiger partial charge in [-0.15, -0.1) is 0 Å². The molecule has 0 aromatic heterocycles. The number of carboxylic acids is 1. The minimum Gasteiger partial charge on any atom is -0.505 e. The van der Waals surface area contributed by atoms with E-state index in [4.69, 9.17) is 10.2 Å². The number of carboxylic acid groups (broad SMARTS) is 1. The van der Waals surface area contributed by atoms with E-state index in [0.29, 0.717) is 12.1 Å². The first-order chi connectivity index (χ1) is 7.90. The van der Waals surface area contributed by atoms with E-state index in [1.165, 1.54) is 12.1 Å². The highest BCUT2D eigenvalue weighted by Gasteiger charge is 2.14. The number of phenolic OH excluding ortho intramolecular Hbond substituents is 1. The maximum absolute atomic E-state index is 13.1. The zero-order chi connectivity index (χ0) is 13.0. The lowest BCUT2D eigenvalue weighted by Crippen LogP contribution is -2.35. The van der Waals surface area contributed by atoms with Crippen molar-refractivity contribution in [3.8, 4) is 5.75 Å². The Balaban J connectivity index is 2.78. The molecule has 0 atom stereocenters. The lowest BCUT2D eigenvalue weighted by atomic mass is 10.1. The van der Waals surface area contributed by atoms with Crippen LogP contribution in [0.2, 0.25) is 0 Å². The molecule has 17 heavy (non-hydrogen) atoms. The summed E-state index contributed by atoms with van der Waals surface area (Å²) in [5.41, 5.74) is 0.634. The second-order valence-corrected chi connectivity index (χ2v) is 4.18. The Morgan fingerprint density at radius 1 is 1.47 bits per heavy atom. The van der Waals surface area contributed by atoms with Gasteiger partial charge in [-0.1, -0.05) is 6.07 Å². The molecule has 2 N–H and O–H groups in total. The second kappa shape index (κ2) is 5.63. The lowest BCUT2D eigenvalue weighted by molar-refractivity contribution is -0.138. The third kappa shape index (κ3) is 4.03. The average molecular weight is 241 g/mol. The van der Waals surface area contributed by atoms with Gasteiger partial charge in [0.05, 0.1) is 6.54 Å². The molecular formula is C12H16FNO3. The predicted molar refractivity (Wildman–Crippen MR) is 61.2 cm³/mol. The van der Waals surface area contributed by atoms with Crippen LogP contribution in [0.3, 0.4) is 0 Å². The number of hydrogen-bond donors (Lipinski definition) is 2. The van der Waals surface area contributed by atoms with E-state index in [-0.39, 0.29) is 12.6 Å². The number of rotatable bonds is 5. The van der Waals surface area contributed by atoms with Crippen molar-refractivity contribution in [2.45, 2.75) is 26.4 Å². The quantitative estimate of drug-likeness (QED) is 0.825. The van der Waals surface area contributed by atoms with Gasteiger partial charge in [-0.05, 0) is 31.5 Å². The Morgan fingerprint density at radius 2 is 2.12 bits per heavy atom. The number of aliphatic carboxylic acids is 1. The second-order valence-electron chi connectivity index (χ2n) is 4.18. The summed E-state index contributed by atoms with van der Waals surface area (Å²) in [5, 5.41) is 17.8. The van der Waals surface area contributed by atoms with Gasteiger partial charge in [0.1, 0.15) is 0 Å². The van der Waals surface area contributed by atoms with Gasteiger partial charge in [-0.25, -0.2) is 4.39 Å². The van der Waals surface area contributed by atoms with Crippen molar-refractivity contribution >= 4 is 5.97 Å². The molecule has 0 aliphatic rings. The summed E-state index contributed by atoms with van der Waals surface area (Å²) >= 11 is 0. The molecule has 0 spiro atoms. The molecule has 0 bridgehead atoms. The van der Waals surface area contributed by atoms with Crippen LogP contribution in [-0.2, 0) is 11.3 Å². The largest absolute Gasteiger partial charge is 0.505 e.